The van der Waals surface area contributed by atoms with E-state index in [1.54, 1.807) is 7.11 Å². The smallest absolute Gasteiger partial charge is 0.397 e. The first-order valence-corrected chi connectivity index (χ1v) is 15.1. The molecule has 6 rings (SSSR count). The van der Waals surface area contributed by atoms with E-state index in [1.807, 2.05) is 125 Å². The van der Waals surface area contributed by atoms with Gasteiger partial charge in [-0.25, -0.2) is 0 Å². The maximum Gasteiger partial charge on any atom is 4.00 e. The van der Waals surface area contributed by atoms with Gasteiger partial charge in [0.15, 0.2) is 0 Å². The predicted octanol–water partition coefficient (Wildman–Crippen LogP) is 9.61. The van der Waals surface area contributed by atoms with Gasteiger partial charge in [0.05, 0.1) is 6.61 Å². The number of methoxy groups -OCH3 is 1. The second-order valence-electron chi connectivity index (χ2n) is 10.9. The van der Waals surface area contributed by atoms with E-state index in [2.05, 4.69) is 53.7 Å². The molecular formula is C41H45N3OZr. The molecule has 0 spiro atoms. The van der Waals surface area contributed by atoms with Crippen LogP contribution in [0.3, 0.4) is 0 Å². The van der Waals surface area contributed by atoms with Crippen LogP contribution in [0.25, 0.3) is 5.41 Å². The Labute approximate surface area is 296 Å². The Hall–Kier alpha value is -4.18. The van der Waals surface area contributed by atoms with Crippen LogP contribution in [0.4, 0.5) is 11.4 Å². The molecule has 1 fully saturated rings. The maximum atomic E-state index is 10.9. The summed E-state index contributed by atoms with van der Waals surface area (Å²) in [4.78, 5) is 3.97. The number of rotatable bonds is 4. The monoisotopic (exact) mass is 685 g/mol. The molecule has 0 aromatic heterocycles. The van der Waals surface area contributed by atoms with Gasteiger partial charge in [-0.05, 0) is 61.9 Å². The number of aryl methyl sites for hydroxylation is 3. The van der Waals surface area contributed by atoms with Crippen molar-refractivity contribution in [1.82, 2.24) is 0 Å². The van der Waals surface area contributed by atoms with E-state index in [1.165, 1.54) is 16.7 Å². The van der Waals surface area contributed by atoms with E-state index < -0.39 is 0 Å². The quantitative estimate of drug-likeness (QED) is 0.177. The molecule has 0 N–H and O–H groups in total. The summed E-state index contributed by atoms with van der Waals surface area (Å²) in [7, 11) is 1.69. The van der Waals surface area contributed by atoms with E-state index >= 15 is 0 Å². The molecule has 1 aliphatic heterocycles. The minimum atomic E-state index is 0. The number of hydrogen-bond acceptors (Lipinski definition) is 1. The van der Waals surface area contributed by atoms with Crippen LogP contribution in [-0.2, 0) is 37.5 Å². The SMILES string of the molecule is COCc1ccccc1N1CCN(c2c(C)cc(C)cc2C)C1=[N-].[CH2-]c1ccccc1.[CH2-]c1ccccc1.[CH2-]c1ccccc1.[Zr+4]. The largest absolute Gasteiger partial charge is 4.00 e. The van der Waals surface area contributed by atoms with Gasteiger partial charge < -0.3 is 19.9 Å². The maximum absolute atomic E-state index is 10.9. The van der Waals surface area contributed by atoms with Crippen molar-refractivity contribution in [2.45, 2.75) is 27.4 Å². The number of benzene rings is 5. The summed E-state index contributed by atoms with van der Waals surface area (Å²) >= 11 is 0. The molecule has 0 aliphatic carbocycles. The Balaban J connectivity index is 0.000000270. The molecule has 0 bridgehead atoms. The molecular weight excluding hydrogens is 642 g/mol. The zero-order valence-corrected chi connectivity index (χ0v) is 30.1. The van der Waals surface area contributed by atoms with Gasteiger partial charge in [0.1, 0.15) is 0 Å². The third kappa shape index (κ3) is 12.0. The standard InChI is InChI=1S/C20H24N3O.3C7H7.Zr/c1-14-11-15(2)19(16(3)12-14)23-10-9-22(20(23)21)18-8-6-5-7-17(18)13-24-4;3*1-7-5-3-2-4-6-7;/h5-8,11-12H,9-10,13H2,1-4H3;3*2-6H,1H2;/q4*-1;+4. The number of para-hydroxylation sites is 1. The Morgan fingerprint density at radius 1 is 0.609 bits per heavy atom. The number of guanidine groups is 1. The van der Waals surface area contributed by atoms with Crippen molar-refractivity contribution in [1.29, 1.82) is 0 Å². The average Bonchev–Trinajstić information content (AvgIpc) is 3.39. The zero-order chi connectivity index (χ0) is 32.6. The summed E-state index contributed by atoms with van der Waals surface area (Å²) in [5.41, 5.74) is 10.0. The van der Waals surface area contributed by atoms with Crippen LogP contribution in [0.1, 0.15) is 38.9 Å². The Morgan fingerprint density at radius 3 is 1.39 bits per heavy atom. The van der Waals surface area contributed by atoms with Crippen LogP contribution in [0.15, 0.2) is 127 Å². The molecule has 0 radical (unpaired) electrons. The predicted molar refractivity (Wildman–Crippen MR) is 194 cm³/mol. The fraction of sp³-hybridized carbons (Fsp3) is 0.171. The van der Waals surface area contributed by atoms with E-state index in [9.17, 15) is 5.41 Å². The fourth-order valence-electron chi connectivity index (χ4n) is 5.07. The second-order valence-corrected chi connectivity index (χ2v) is 10.9. The van der Waals surface area contributed by atoms with Crippen molar-refractivity contribution < 1.29 is 30.9 Å². The molecule has 5 aromatic carbocycles. The Bertz CT molecular complexity index is 1480. The van der Waals surface area contributed by atoms with Gasteiger partial charge in [0.25, 0.3) is 0 Å². The number of hydrogen-bond donors (Lipinski definition) is 0. The minimum absolute atomic E-state index is 0. The third-order valence-corrected chi connectivity index (χ3v) is 7.05. The van der Waals surface area contributed by atoms with Gasteiger partial charge in [0, 0.05) is 13.1 Å². The second kappa shape index (κ2) is 20.1. The molecule has 0 saturated carbocycles. The van der Waals surface area contributed by atoms with Crippen LogP contribution in [-0.4, -0.2) is 26.2 Å². The fourth-order valence-corrected chi connectivity index (χ4v) is 5.07. The number of nitrogens with zero attached hydrogens (tertiary/aromatic N) is 3. The minimum Gasteiger partial charge on any atom is -0.397 e. The van der Waals surface area contributed by atoms with Gasteiger partial charge in [-0.15, -0.1) is 36.4 Å². The van der Waals surface area contributed by atoms with Crippen molar-refractivity contribution in [3.63, 3.8) is 0 Å². The van der Waals surface area contributed by atoms with Crippen molar-refractivity contribution in [3.8, 4) is 0 Å². The Kier molecular flexibility index (Phi) is 16.6. The molecule has 0 unspecified atom stereocenters. The van der Waals surface area contributed by atoms with Crippen molar-refractivity contribution >= 4 is 17.3 Å². The van der Waals surface area contributed by atoms with E-state index in [4.69, 9.17) is 4.74 Å². The van der Waals surface area contributed by atoms with Crippen molar-refractivity contribution in [3.05, 3.63) is 193 Å². The summed E-state index contributed by atoms with van der Waals surface area (Å²) in [6, 6.07) is 42.0. The summed E-state index contributed by atoms with van der Waals surface area (Å²) in [5.74, 6) is 0.286. The van der Waals surface area contributed by atoms with E-state index in [0.29, 0.717) is 6.61 Å². The summed E-state index contributed by atoms with van der Waals surface area (Å²) in [5, 5.41) is 10.9. The molecule has 0 amide bonds. The number of ether oxygens (including phenoxy) is 1. The molecule has 46 heavy (non-hydrogen) atoms. The Morgan fingerprint density at radius 2 is 1.00 bits per heavy atom. The van der Waals surface area contributed by atoms with Crippen molar-refractivity contribution in [2.75, 3.05) is 30.0 Å². The first-order chi connectivity index (χ1) is 21.7. The number of anilines is 2. The molecule has 1 heterocycles. The molecule has 0 atom stereocenters. The van der Waals surface area contributed by atoms with Crippen LogP contribution in [0.5, 0.6) is 0 Å². The molecule has 1 saturated heterocycles. The van der Waals surface area contributed by atoms with Gasteiger partial charge in [-0.1, -0.05) is 60.2 Å². The normalized spacial score (nSPS) is 11.5. The summed E-state index contributed by atoms with van der Waals surface area (Å²) in [6.07, 6.45) is 0. The topological polar surface area (TPSA) is 38.0 Å². The van der Waals surface area contributed by atoms with Crippen LogP contribution >= 0.6 is 0 Å². The first-order valence-electron chi connectivity index (χ1n) is 15.1. The average molecular weight is 687 g/mol. The van der Waals surface area contributed by atoms with Gasteiger partial charge in [-0.2, -0.15) is 73.9 Å². The van der Waals surface area contributed by atoms with E-state index in [0.717, 1.165) is 46.7 Å². The molecule has 5 heteroatoms. The van der Waals surface area contributed by atoms with Gasteiger partial charge >= 0.3 is 26.2 Å². The first kappa shape index (κ1) is 38.0. The molecule has 1 aliphatic rings. The zero-order valence-electron chi connectivity index (χ0n) is 27.6. The van der Waals surface area contributed by atoms with Crippen LogP contribution in [0.2, 0.25) is 0 Å². The van der Waals surface area contributed by atoms with E-state index in [-0.39, 0.29) is 32.2 Å². The molecule has 5 aromatic rings. The van der Waals surface area contributed by atoms with Gasteiger partial charge in [-0.3, -0.25) is 0 Å². The molecule has 234 valence electrons. The van der Waals surface area contributed by atoms with Crippen molar-refractivity contribution in [2.24, 2.45) is 0 Å². The van der Waals surface area contributed by atoms with Crippen LogP contribution < -0.4 is 9.80 Å². The summed E-state index contributed by atoms with van der Waals surface area (Å²) in [6.45, 7) is 19.5. The van der Waals surface area contributed by atoms with Gasteiger partial charge in [0.2, 0.25) is 0 Å². The van der Waals surface area contributed by atoms with Crippen LogP contribution in [0, 0.1) is 41.5 Å². The molecule has 4 nitrogen and oxygen atoms in total. The summed E-state index contributed by atoms with van der Waals surface area (Å²) < 4.78 is 5.30. The third-order valence-electron chi connectivity index (χ3n) is 7.05.